The number of aliphatic imine (C=N–C) groups is 1. The summed E-state index contributed by atoms with van der Waals surface area (Å²) in [6, 6.07) is 70.2. The summed E-state index contributed by atoms with van der Waals surface area (Å²) in [5.74, 6) is 1.79. The first kappa shape index (κ1) is 33.5. The van der Waals surface area contributed by atoms with Crippen LogP contribution in [0.15, 0.2) is 211 Å². The van der Waals surface area contributed by atoms with E-state index in [1.54, 1.807) is 0 Å². The molecule has 1 spiro atoms. The Bertz CT molecular complexity index is 2720. The Morgan fingerprint density at radius 3 is 1.70 bits per heavy atom. The van der Waals surface area contributed by atoms with Crippen LogP contribution in [0.3, 0.4) is 0 Å². The Morgan fingerprint density at radius 2 is 1.00 bits per heavy atom. The third-order valence-corrected chi connectivity index (χ3v) is 11.3. The third-order valence-electron chi connectivity index (χ3n) is 11.3. The van der Waals surface area contributed by atoms with E-state index in [0.29, 0.717) is 0 Å². The smallest absolute Gasteiger partial charge is 0.132 e. The Labute approximate surface area is 327 Å². The van der Waals surface area contributed by atoms with E-state index in [2.05, 4.69) is 182 Å². The molecule has 0 radical (unpaired) electrons. The van der Waals surface area contributed by atoms with Crippen LogP contribution in [0.25, 0.3) is 39.1 Å². The van der Waals surface area contributed by atoms with Crippen molar-refractivity contribution in [3.05, 3.63) is 245 Å². The Kier molecular flexibility index (Phi) is 8.36. The van der Waals surface area contributed by atoms with Gasteiger partial charge in [0.15, 0.2) is 0 Å². The number of rotatable bonds is 7. The molecule has 1 unspecified atom stereocenters. The fraction of sp³-hybridized carbons (Fsp3) is 0.0377. The maximum atomic E-state index is 6.88. The van der Waals surface area contributed by atoms with Crippen LogP contribution >= 0.6 is 0 Å². The van der Waals surface area contributed by atoms with Gasteiger partial charge < -0.3 is 10.5 Å². The number of nitrogens with zero attached hydrogens (tertiary/aromatic N) is 1. The lowest BCUT2D eigenvalue weighted by atomic mass is 9.66. The average Bonchev–Trinajstić information content (AvgIpc) is 3.56. The van der Waals surface area contributed by atoms with Crippen LogP contribution < -0.4 is 10.5 Å². The van der Waals surface area contributed by atoms with Crippen molar-refractivity contribution in [1.82, 2.24) is 0 Å². The first-order valence-corrected chi connectivity index (χ1v) is 19.1. The zero-order valence-corrected chi connectivity index (χ0v) is 30.7. The summed E-state index contributed by atoms with van der Waals surface area (Å²) < 4.78 is 6.55. The standard InChI is InChI=1S/C53H38N2O/c54-49(40-27-23-38(24-28-40)37-15-5-2-6-16-37)34-50(55-35-36-13-3-1-4-14-36)41-29-25-39(26-30-41)42-31-32-44-43-17-7-8-18-45(43)53(48(44)33-42)46-19-9-11-21-51(46)56-52-22-12-10-20-47(52)53/h1-35,49H,54H2/b50-34-,55-35?. The van der Waals surface area contributed by atoms with Crippen LogP contribution in [0.5, 0.6) is 11.5 Å². The van der Waals surface area contributed by atoms with E-state index in [9.17, 15) is 0 Å². The lowest BCUT2D eigenvalue weighted by Gasteiger charge is -2.39. The third kappa shape index (κ3) is 5.69. The minimum Gasteiger partial charge on any atom is -0.457 e. The number of hydrogen-bond acceptors (Lipinski definition) is 3. The lowest BCUT2D eigenvalue weighted by molar-refractivity contribution is 0.436. The number of para-hydroxylation sites is 2. The Morgan fingerprint density at radius 1 is 0.482 bits per heavy atom. The molecule has 8 aromatic rings. The van der Waals surface area contributed by atoms with E-state index in [4.69, 9.17) is 15.5 Å². The highest BCUT2D eigenvalue weighted by Crippen LogP contribution is 2.62. The molecule has 0 saturated heterocycles. The molecule has 10 rings (SSSR count). The SMILES string of the molecule is NC(/C=C(\N=Cc1ccccc1)c1ccc(-c2ccc3c(c2)C2(c4ccccc4Oc4ccccc42)c2ccccc2-3)cc1)c1ccc(-c2ccccc2)cc1. The molecule has 1 atom stereocenters. The summed E-state index contributed by atoms with van der Waals surface area (Å²) in [4.78, 5) is 5.01. The number of hydrogen-bond donors (Lipinski definition) is 1. The molecule has 266 valence electrons. The fourth-order valence-corrected chi connectivity index (χ4v) is 8.56. The van der Waals surface area contributed by atoms with Gasteiger partial charge in [-0.3, -0.25) is 4.99 Å². The maximum absolute atomic E-state index is 6.88. The first-order valence-electron chi connectivity index (χ1n) is 19.1. The summed E-state index contributed by atoms with van der Waals surface area (Å²) in [5.41, 5.74) is 22.2. The van der Waals surface area contributed by atoms with E-state index >= 15 is 0 Å². The summed E-state index contributed by atoms with van der Waals surface area (Å²) in [7, 11) is 0. The van der Waals surface area contributed by atoms with Crippen LogP contribution in [0.4, 0.5) is 0 Å². The van der Waals surface area contributed by atoms with Gasteiger partial charge in [-0.2, -0.15) is 0 Å². The molecule has 0 bridgehead atoms. The maximum Gasteiger partial charge on any atom is 0.132 e. The van der Waals surface area contributed by atoms with Crippen LogP contribution in [0, 0.1) is 0 Å². The molecule has 3 heteroatoms. The van der Waals surface area contributed by atoms with Gasteiger partial charge in [-0.25, -0.2) is 0 Å². The van der Waals surface area contributed by atoms with Crippen molar-refractivity contribution in [3.8, 4) is 44.9 Å². The van der Waals surface area contributed by atoms with Gasteiger partial charge in [-0.1, -0.05) is 182 Å². The second-order valence-electron chi connectivity index (χ2n) is 14.5. The summed E-state index contributed by atoms with van der Waals surface area (Å²) in [6.07, 6.45) is 3.97. The van der Waals surface area contributed by atoms with E-state index in [0.717, 1.165) is 61.7 Å². The molecule has 0 aromatic heterocycles. The Balaban J connectivity index is 1.04. The molecule has 1 heterocycles. The van der Waals surface area contributed by atoms with Gasteiger partial charge in [-0.15, -0.1) is 0 Å². The summed E-state index contributed by atoms with van der Waals surface area (Å²) in [5, 5.41) is 0. The second kappa shape index (κ2) is 14.0. The molecule has 0 fully saturated rings. The van der Waals surface area contributed by atoms with Gasteiger partial charge in [0.2, 0.25) is 0 Å². The molecule has 1 aliphatic heterocycles. The predicted molar refractivity (Wildman–Crippen MR) is 230 cm³/mol. The second-order valence-corrected chi connectivity index (χ2v) is 14.5. The van der Waals surface area contributed by atoms with Crippen molar-refractivity contribution in [3.63, 3.8) is 0 Å². The molecule has 2 N–H and O–H groups in total. The summed E-state index contributed by atoms with van der Waals surface area (Å²) >= 11 is 0. The van der Waals surface area contributed by atoms with Crippen LogP contribution in [0.2, 0.25) is 0 Å². The molecule has 0 amide bonds. The quantitative estimate of drug-likeness (QED) is 0.167. The van der Waals surface area contributed by atoms with Gasteiger partial charge in [0.25, 0.3) is 0 Å². The van der Waals surface area contributed by atoms with Crippen molar-refractivity contribution in [2.75, 3.05) is 0 Å². The minimum atomic E-state index is -0.509. The van der Waals surface area contributed by atoms with Crippen molar-refractivity contribution in [1.29, 1.82) is 0 Å². The zero-order chi connectivity index (χ0) is 37.5. The Hall–Kier alpha value is -7.07. The normalized spacial score (nSPS) is 14.1. The number of nitrogens with two attached hydrogens (primary N) is 1. The van der Waals surface area contributed by atoms with E-state index in [1.807, 2.05) is 30.5 Å². The number of benzene rings is 8. The topological polar surface area (TPSA) is 47.6 Å². The molecule has 0 saturated carbocycles. The van der Waals surface area contributed by atoms with E-state index in [1.165, 1.54) is 27.8 Å². The van der Waals surface area contributed by atoms with Gasteiger partial charge in [0, 0.05) is 17.3 Å². The molecule has 1 aliphatic carbocycles. The van der Waals surface area contributed by atoms with Crippen LogP contribution in [-0.2, 0) is 5.41 Å². The molecule has 56 heavy (non-hydrogen) atoms. The van der Waals surface area contributed by atoms with Crippen molar-refractivity contribution >= 4 is 11.9 Å². The molecular weight excluding hydrogens is 681 g/mol. The first-order chi connectivity index (χ1) is 27.7. The predicted octanol–water partition coefficient (Wildman–Crippen LogP) is 12.6. The van der Waals surface area contributed by atoms with Crippen LogP contribution in [0.1, 0.15) is 45.0 Å². The molecule has 3 nitrogen and oxygen atoms in total. The fourth-order valence-electron chi connectivity index (χ4n) is 8.56. The molecular formula is C53H38N2O. The largest absolute Gasteiger partial charge is 0.457 e. The van der Waals surface area contributed by atoms with Crippen LogP contribution in [-0.4, -0.2) is 6.21 Å². The zero-order valence-electron chi connectivity index (χ0n) is 30.7. The van der Waals surface area contributed by atoms with E-state index < -0.39 is 5.41 Å². The summed E-state index contributed by atoms with van der Waals surface area (Å²) in [6.45, 7) is 0. The highest BCUT2D eigenvalue weighted by Gasteiger charge is 2.51. The monoisotopic (exact) mass is 718 g/mol. The van der Waals surface area contributed by atoms with Gasteiger partial charge >= 0.3 is 0 Å². The highest BCUT2D eigenvalue weighted by atomic mass is 16.5. The van der Waals surface area contributed by atoms with Crippen molar-refractivity contribution in [2.45, 2.75) is 11.5 Å². The molecule has 2 aliphatic rings. The van der Waals surface area contributed by atoms with Crippen molar-refractivity contribution in [2.24, 2.45) is 10.7 Å². The molecule has 8 aromatic carbocycles. The van der Waals surface area contributed by atoms with Gasteiger partial charge in [0.05, 0.1) is 17.2 Å². The lowest BCUT2D eigenvalue weighted by Crippen LogP contribution is -2.32. The number of ether oxygens (including phenoxy) is 1. The minimum absolute atomic E-state index is 0.345. The van der Waals surface area contributed by atoms with E-state index in [-0.39, 0.29) is 6.04 Å². The highest BCUT2D eigenvalue weighted by molar-refractivity contribution is 5.91. The average molecular weight is 719 g/mol. The van der Waals surface area contributed by atoms with Gasteiger partial charge in [0.1, 0.15) is 11.5 Å². The van der Waals surface area contributed by atoms with Gasteiger partial charge in [-0.05, 0) is 85.5 Å². The van der Waals surface area contributed by atoms with Crippen molar-refractivity contribution < 1.29 is 4.74 Å². The number of fused-ring (bicyclic) bond motifs is 9.